The molecular formula is C17H17N5O3. The summed E-state index contributed by atoms with van der Waals surface area (Å²) in [5.41, 5.74) is 7.05. The number of methoxy groups -OCH3 is 1. The summed E-state index contributed by atoms with van der Waals surface area (Å²) in [6.07, 6.45) is -0.773. The van der Waals surface area contributed by atoms with Crippen LogP contribution in [0.15, 0.2) is 48.5 Å². The average Bonchev–Trinajstić information content (AvgIpc) is 3.10. The maximum absolute atomic E-state index is 11.1. The van der Waals surface area contributed by atoms with Gasteiger partial charge in [-0.25, -0.2) is 0 Å². The molecule has 1 amide bonds. The van der Waals surface area contributed by atoms with E-state index in [1.54, 1.807) is 55.6 Å². The molecule has 0 aliphatic heterocycles. The minimum absolute atomic E-state index is 0.165. The Labute approximate surface area is 143 Å². The molecule has 8 nitrogen and oxygen atoms in total. The number of aromatic nitrogens is 4. The molecule has 0 saturated carbocycles. The molecule has 0 aliphatic carbocycles. The molecule has 1 unspecified atom stereocenters. The van der Waals surface area contributed by atoms with Gasteiger partial charge in [0.1, 0.15) is 11.9 Å². The zero-order valence-electron chi connectivity index (χ0n) is 13.5. The summed E-state index contributed by atoms with van der Waals surface area (Å²) in [6, 6.07) is 13.7. The molecule has 0 spiro atoms. The van der Waals surface area contributed by atoms with Crippen molar-refractivity contribution < 1.29 is 14.6 Å². The third-order valence-electron chi connectivity index (χ3n) is 3.72. The van der Waals surface area contributed by atoms with Crippen molar-refractivity contribution in [2.45, 2.75) is 12.6 Å². The van der Waals surface area contributed by atoms with Crippen molar-refractivity contribution in [3.8, 4) is 17.1 Å². The summed E-state index contributed by atoms with van der Waals surface area (Å²) in [4.78, 5) is 12.4. The number of nitrogens with zero attached hydrogens (tertiary/aromatic N) is 4. The number of amides is 1. The lowest BCUT2D eigenvalue weighted by Crippen LogP contribution is -2.11. The van der Waals surface area contributed by atoms with Gasteiger partial charge in [-0.1, -0.05) is 24.3 Å². The topological polar surface area (TPSA) is 116 Å². The van der Waals surface area contributed by atoms with Gasteiger partial charge >= 0.3 is 0 Å². The number of primary amides is 1. The molecule has 0 radical (unpaired) electrons. The average molecular weight is 339 g/mol. The SMILES string of the molecule is COc1ccc(C(O)Cn2nnc(-c3ccc(C(N)=O)cc3)n2)cc1. The zero-order valence-corrected chi connectivity index (χ0v) is 13.5. The first kappa shape index (κ1) is 16.6. The maximum atomic E-state index is 11.1. The molecule has 3 N–H and O–H groups in total. The van der Waals surface area contributed by atoms with Crippen LogP contribution in [0.3, 0.4) is 0 Å². The van der Waals surface area contributed by atoms with Crippen LogP contribution in [-0.4, -0.2) is 38.3 Å². The van der Waals surface area contributed by atoms with Crippen LogP contribution < -0.4 is 10.5 Å². The largest absolute Gasteiger partial charge is 0.497 e. The van der Waals surface area contributed by atoms with Crippen molar-refractivity contribution in [2.75, 3.05) is 7.11 Å². The first-order valence-corrected chi connectivity index (χ1v) is 7.57. The smallest absolute Gasteiger partial charge is 0.248 e. The van der Waals surface area contributed by atoms with Gasteiger partial charge in [0.15, 0.2) is 0 Å². The molecule has 128 valence electrons. The summed E-state index contributed by atoms with van der Waals surface area (Å²) in [7, 11) is 1.59. The Bertz CT molecular complexity index is 859. The summed E-state index contributed by atoms with van der Waals surface area (Å²) < 4.78 is 5.09. The number of hydrogen-bond donors (Lipinski definition) is 2. The Balaban J connectivity index is 1.71. The van der Waals surface area contributed by atoms with E-state index in [0.717, 1.165) is 11.3 Å². The number of carbonyl (C=O) groups is 1. The molecule has 3 rings (SSSR count). The molecule has 0 fully saturated rings. The lowest BCUT2D eigenvalue weighted by atomic mass is 10.1. The second-order valence-electron chi connectivity index (χ2n) is 5.40. The first-order chi connectivity index (χ1) is 12.1. The highest BCUT2D eigenvalue weighted by Gasteiger charge is 2.12. The van der Waals surface area contributed by atoms with Crippen LogP contribution in [0.2, 0.25) is 0 Å². The van der Waals surface area contributed by atoms with Gasteiger partial charge < -0.3 is 15.6 Å². The van der Waals surface area contributed by atoms with Gasteiger partial charge in [-0.2, -0.15) is 4.80 Å². The molecule has 0 aliphatic rings. The number of benzene rings is 2. The normalized spacial score (nSPS) is 11.9. The van der Waals surface area contributed by atoms with Crippen molar-refractivity contribution >= 4 is 5.91 Å². The number of ether oxygens (including phenoxy) is 1. The number of carbonyl (C=O) groups excluding carboxylic acids is 1. The second-order valence-corrected chi connectivity index (χ2v) is 5.40. The fraction of sp³-hybridized carbons (Fsp3) is 0.176. The van der Waals surface area contributed by atoms with Gasteiger partial charge in [0.05, 0.1) is 13.7 Å². The monoisotopic (exact) mass is 339 g/mol. The summed E-state index contributed by atoms with van der Waals surface area (Å²) >= 11 is 0. The minimum Gasteiger partial charge on any atom is -0.497 e. The van der Waals surface area contributed by atoms with Gasteiger partial charge in [-0.05, 0) is 35.0 Å². The van der Waals surface area contributed by atoms with E-state index >= 15 is 0 Å². The molecule has 0 saturated heterocycles. The van der Waals surface area contributed by atoms with E-state index in [2.05, 4.69) is 15.4 Å². The maximum Gasteiger partial charge on any atom is 0.248 e. The Morgan fingerprint density at radius 2 is 1.88 bits per heavy atom. The quantitative estimate of drug-likeness (QED) is 0.696. The molecular weight excluding hydrogens is 322 g/mol. The van der Waals surface area contributed by atoms with Crippen LogP contribution in [0.25, 0.3) is 11.4 Å². The third kappa shape index (κ3) is 3.81. The standard InChI is InChI=1S/C17H17N5O3/c1-25-14-8-6-11(7-9-14)15(23)10-22-20-17(19-21-22)13-4-2-12(3-5-13)16(18)24/h2-9,15,23H,10H2,1H3,(H2,18,24). The summed E-state index contributed by atoms with van der Waals surface area (Å²) in [5.74, 6) is 0.625. The van der Waals surface area contributed by atoms with Gasteiger partial charge in [-0.3, -0.25) is 4.79 Å². The fourth-order valence-corrected chi connectivity index (χ4v) is 2.31. The highest BCUT2D eigenvalue weighted by molar-refractivity contribution is 5.93. The second kappa shape index (κ2) is 7.10. The van der Waals surface area contributed by atoms with Crippen LogP contribution in [0, 0.1) is 0 Å². The summed E-state index contributed by atoms with van der Waals surface area (Å²) in [6.45, 7) is 0.165. The van der Waals surface area contributed by atoms with Crippen molar-refractivity contribution in [2.24, 2.45) is 5.73 Å². The van der Waals surface area contributed by atoms with E-state index in [1.165, 1.54) is 4.80 Å². The Hall–Kier alpha value is -3.26. The Kier molecular flexibility index (Phi) is 4.71. The van der Waals surface area contributed by atoms with E-state index in [9.17, 15) is 9.90 Å². The summed E-state index contributed by atoms with van der Waals surface area (Å²) in [5, 5.41) is 22.5. The number of tetrazole rings is 1. The molecule has 0 bridgehead atoms. The fourth-order valence-electron chi connectivity index (χ4n) is 2.31. The van der Waals surface area contributed by atoms with Gasteiger partial charge in [0, 0.05) is 11.1 Å². The highest BCUT2D eigenvalue weighted by Crippen LogP contribution is 2.19. The first-order valence-electron chi connectivity index (χ1n) is 7.57. The number of aliphatic hydroxyl groups excluding tert-OH is 1. The molecule has 1 aromatic heterocycles. The number of hydrogen-bond acceptors (Lipinski definition) is 6. The van der Waals surface area contributed by atoms with E-state index in [4.69, 9.17) is 10.5 Å². The van der Waals surface area contributed by atoms with E-state index in [1.807, 2.05) is 0 Å². The lowest BCUT2D eigenvalue weighted by molar-refractivity contribution is 0.1000. The molecule has 1 atom stereocenters. The molecule has 1 heterocycles. The highest BCUT2D eigenvalue weighted by atomic mass is 16.5. The Morgan fingerprint density at radius 1 is 1.20 bits per heavy atom. The van der Waals surface area contributed by atoms with Crippen LogP contribution in [0.4, 0.5) is 0 Å². The molecule has 2 aromatic carbocycles. The zero-order chi connectivity index (χ0) is 17.8. The van der Waals surface area contributed by atoms with E-state index in [0.29, 0.717) is 17.0 Å². The predicted octanol–water partition coefficient (Wildman–Crippen LogP) is 1.18. The van der Waals surface area contributed by atoms with Crippen molar-refractivity contribution in [1.29, 1.82) is 0 Å². The van der Waals surface area contributed by atoms with Gasteiger partial charge in [0.25, 0.3) is 0 Å². The number of aliphatic hydroxyl groups is 1. The van der Waals surface area contributed by atoms with Gasteiger partial charge in [0.2, 0.25) is 11.7 Å². The van der Waals surface area contributed by atoms with Crippen molar-refractivity contribution in [3.63, 3.8) is 0 Å². The third-order valence-corrected chi connectivity index (χ3v) is 3.72. The van der Waals surface area contributed by atoms with E-state index in [-0.39, 0.29) is 6.54 Å². The molecule has 3 aromatic rings. The van der Waals surface area contributed by atoms with Crippen LogP contribution >= 0.6 is 0 Å². The van der Waals surface area contributed by atoms with Gasteiger partial charge in [-0.15, -0.1) is 10.2 Å². The van der Waals surface area contributed by atoms with Crippen LogP contribution in [0.1, 0.15) is 22.0 Å². The predicted molar refractivity (Wildman–Crippen MR) is 89.7 cm³/mol. The molecule has 8 heteroatoms. The van der Waals surface area contributed by atoms with Crippen molar-refractivity contribution in [1.82, 2.24) is 20.2 Å². The van der Waals surface area contributed by atoms with Crippen molar-refractivity contribution in [3.05, 3.63) is 59.7 Å². The Morgan fingerprint density at radius 3 is 2.48 bits per heavy atom. The number of rotatable bonds is 6. The minimum atomic E-state index is -0.773. The number of nitrogens with two attached hydrogens (primary N) is 1. The van der Waals surface area contributed by atoms with E-state index < -0.39 is 12.0 Å². The van der Waals surface area contributed by atoms with Crippen LogP contribution in [-0.2, 0) is 6.54 Å². The lowest BCUT2D eigenvalue weighted by Gasteiger charge is -2.10. The van der Waals surface area contributed by atoms with Crippen LogP contribution in [0.5, 0.6) is 5.75 Å². The molecule has 25 heavy (non-hydrogen) atoms.